The molecule has 0 spiro atoms. The summed E-state index contributed by atoms with van der Waals surface area (Å²) < 4.78 is 4.72. The van der Waals surface area contributed by atoms with Crippen molar-refractivity contribution in [2.75, 3.05) is 23.9 Å². The minimum Gasteiger partial charge on any atom is -0.465 e. The molecule has 0 radical (unpaired) electrons. The van der Waals surface area contributed by atoms with E-state index in [4.69, 9.17) is 17.0 Å². The summed E-state index contributed by atoms with van der Waals surface area (Å²) in [6, 6.07) is 24.8. The second-order valence-corrected chi connectivity index (χ2v) is 8.44. The maximum absolute atomic E-state index is 13.5. The number of hydrogen-bond donors (Lipinski definition) is 1. The molecule has 0 saturated carbocycles. The first-order valence-electron chi connectivity index (χ1n) is 11.2. The Labute approximate surface area is 209 Å². The predicted octanol–water partition coefficient (Wildman–Crippen LogP) is 4.05. The lowest BCUT2D eigenvalue weighted by Gasteiger charge is -2.30. The largest absolute Gasteiger partial charge is 0.465 e. The molecule has 2 amide bonds. The predicted molar refractivity (Wildman–Crippen MR) is 138 cm³/mol. The number of imide groups is 1. The molecule has 178 valence electrons. The lowest BCUT2D eigenvalue weighted by Crippen LogP contribution is -2.48. The zero-order chi connectivity index (χ0) is 24.8. The van der Waals surface area contributed by atoms with Crippen LogP contribution in [0.5, 0.6) is 0 Å². The second kappa shape index (κ2) is 10.9. The van der Waals surface area contributed by atoms with Gasteiger partial charge in [0.25, 0.3) is 5.91 Å². The third kappa shape index (κ3) is 5.55. The number of carbonyl (C=O) groups excluding carboxylic acids is 3. The van der Waals surface area contributed by atoms with E-state index in [1.54, 1.807) is 17.0 Å². The van der Waals surface area contributed by atoms with Gasteiger partial charge in [-0.3, -0.25) is 9.59 Å². The lowest BCUT2D eigenvalue weighted by molar-refractivity contribution is -0.122. The van der Waals surface area contributed by atoms with Crippen molar-refractivity contribution < 1.29 is 19.1 Å². The number of para-hydroxylation sites is 1. The van der Waals surface area contributed by atoms with Crippen molar-refractivity contribution in [1.29, 1.82) is 0 Å². The van der Waals surface area contributed by atoms with Crippen LogP contribution in [0.1, 0.15) is 22.3 Å². The van der Waals surface area contributed by atoms with Crippen LogP contribution in [0.25, 0.3) is 0 Å². The van der Waals surface area contributed by atoms with Gasteiger partial charge in [-0.05, 0) is 60.6 Å². The van der Waals surface area contributed by atoms with E-state index in [0.717, 1.165) is 16.2 Å². The van der Waals surface area contributed by atoms with Gasteiger partial charge in [-0.15, -0.1) is 0 Å². The van der Waals surface area contributed by atoms with Crippen molar-refractivity contribution >= 4 is 46.5 Å². The molecule has 0 aromatic heterocycles. The molecule has 1 aliphatic rings. The van der Waals surface area contributed by atoms with Gasteiger partial charge >= 0.3 is 5.97 Å². The van der Waals surface area contributed by atoms with E-state index >= 15 is 0 Å². The molecule has 3 aromatic rings. The first-order chi connectivity index (χ1) is 17.0. The van der Waals surface area contributed by atoms with E-state index in [-0.39, 0.29) is 18.2 Å². The smallest absolute Gasteiger partial charge is 0.337 e. The normalized spacial score (nSPS) is 15.1. The summed E-state index contributed by atoms with van der Waals surface area (Å²) >= 11 is 5.70. The van der Waals surface area contributed by atoms with Gasteiger partial charge in [0.1, 0.15) is 6.04 Å². The Morgan fingerprint density at radius 3 is 2.26 bits per heavy atom. The average Bonchev–Trinajstić information content (AvgIpc) is 3.18. The number of hydrogen-bond acceptors (Lipinski definition) is 5. The van der Waals surface area contributed by atoms with Crippen molar-refractivity contribution in [3.05, 3.63) is 96.1 Å². The standard InChI is InChI=1S/C27H25N3O4S/c1-34-26(33)20-12-14-22(15-13-20)30-24(31)18-23(25(30)32)29(17-16-19-8-4-2-5-9-19)27(35)28-21-10-6-3-7-11-21/h2-15,23H,16-18H2,1H3,(H,28,35). The zero-order valence-corrected chi connectivity index (χ0v) is 20.0. The Morgan fingerprint density at radius 1 is 1.00 bits per heavy atom. The number of ether oxygens (including phenoxy) is 1. The van der Waals surface area contributed by atoms with Crippen LogP contribution in [-0.2, 0) is 20.7 Å². The third-order valence-corrected chi connectivity index (χ3v) is 6.15. The quantitative estimate of drug-likeness (QED) is 0.306. The summed E-state index contributed by atoms with van der Waals surface area (Å²) in [6.45, 7) is 0.460. The first kappa shape index (κ1) is 24.1. The Hall–Kier alpha value is -4.04. The van der Waals surface area contributed by atoms with Gasteiger partial charge in [0.2, 0.25) is 5.91 Å². The molecule has 1 fully saturated rings. The number of esters is 1. The molecule has 0 bridgehead atoms. The number of carbonyl (C=O) groups is 3. The van der Waals surface area contributed by atoms with Crippen LogP contribution in [-0.4, -0.2) is 47.5 Å². The van der Waals surface area contributed by atoms with E-state index in [0.29, 0.717) is 29.3 Å². The molecular formula is C27H25N3O4S. The topological polar surface area (TPSA) is 79.0 Å². The Kier molecular flexibility index (Phi) is 7.52. The number of methoxy groups -OCH3 is 1. The number of benzene rings is 3. The van der Waals surface area contributed by atoms with E-state index in [9.17, 15) is 14.4 Å². The molecule has 1 unspecified atom stereocenters. The van der Waals surface area contributed by atoms with Crippen molar-refractivity contribution in [3.8, 4) is 0 Å². The van der Waals surface area contributed by atoms with E-state index < -0.39 is 12.0 Å². The summed E-state index contributed by atoms with van der Waals surface area (Å²) in [7, 11) is 1.30. The van der Waals surface area contributed by atoms with Crippen molar-refractivity contribution in [1.82, 2.24) is 4.90 Å². The van der Waals surface area contributed by atoms with Crippen LogP contribution in [0.4, 0.5) is 11.4 Å². The molecule has 8 heteroatoms. The van der Waals surface area contributed by atoms with Crippen LogP contribution in [0.3, 0.4) is 0 Å². The SMILES string of the molecule is COC(=O)c1ccc(N2C(=O)CC(N(CCc3ccccc3)C(=S)Nc3ccccc3)C2=O)cc1. The summed E-state index contributed by atoms with van der Waals surface area (Å²) in [5.74, 6) is -1.16. The Balaban J connectivity index is 1.57. The number of thiocarbonyl (C=S) groups is 1. The fourth-order valence-corrected chi connectivity index (χ4v) is 4.34. The number of rotatable bonds is 7. The minimum absolute atomic E-state index is 0.00296. The third-order valence-electron chi connectivity index (χ3n) is 5.82. The molecule has 1 saturated heterocycles. The Bertz CT molecular complexity index is 1220. The average molecular weight is 488 g/mol. The van der Waals surface area contributed by atoms with Crippen LogP contribution in [0.2, 0.25) is 0 Å². The molecule has 1 heterocycles. The highest BCUT2D eigenvalue weighted by atomic mass is 32.1. The molecule has 1 atom stereocenters. The van der Waals surface area contributed by atoms with Gasteiger partial charge in [-0.25, -0.2) is 9.69 Å². The van der Waals surface area contributed by atoms with Crippen LogP contribution < -0.4 is 10.2 Å². The molecule has 1 aliphatic heterocycles. The number of nitrogens with zero attached hydrogens (tertiary/aromatic N) is 2. The fourth-order valence-electron chi connectivity index (χ4n) is 4.01. The van der Waals surface area contributed by atoms with E-state index in [2.05, 4.69) is 5.32 Å². The van der Waals surface area contributed by atoms with Crippen molar-refractivity contribution in [3.63, 3.8) is 0 Å². The first-order valence-corrected chi connectivity index (χ1v) is 11.6. The summed E-state index contributed by atoms with van der Waals surface area (Å²) in [6.07, 6.45) is 0.659. The van der Waals surface area contributed by atoms with E-state index in [1.165, 1.54) is 19.2 Å². The molecule has 3 aromatic carbocycles. The monoisotopic (exact) mass is 487 g/mol. The van der Waals surface area contributed by atoms with Gasteiger partial charge in [0.05, 0.1) is 24.8 Å². The molecule has 35 heavy (non-hydrogen) atoms. The highest BCUT2D eigenvalue weighted by molar-refractivity contribution is 7.80. The van der Waals surface area contributed by atoms with Crippen molar-refractivity contribution in [2.45, 2.75) is 18.9 Å². The molecule has 0 aliphatic carbocycles. The van der Waals surface area contributed by atoms with Gasteiger partial charge < -0.3 is 15.0 Å². The highest BCUT2D eigenvalue weighted by Gasteiger charge is 2.43. The molecule has 4 rings (SSSR count). The molecule has 7 nitrogen and oxygen atoms in total. The molecular weight excluding hydrogens is 462 g/mol. The molecule has 1 N–H and O–H groups in total. The maximum atomic E-state index is 13.5. The van der Waals surface area contributed by atoms with Gasteiger partial charge in [-0.1, -0.05) is 48.5 Å². The highest BCUT2D eigenvalue weighted by Crippen LogP contribution is 2.27. The number of anilines is 2. The van der Waals surface area contributed by atoms with Gasteiger partial charge in [0.15, 0.2) is 5.11 Å². The number of nitrogens with one attached hydrogen (secondary N) is 1. The van der Waals surface area contributed by atoms with Gasteiger partial charge in [0, 0.05) is 12.2 Å². The lowest BCUT2D eigenvalue weighted by atomic mass is 10.1. The van der Waals surface area contributed by atoms with E-state index in [1.807, 2.05) is 60.7 Å². The summed E-state index contributed by atoms with van der Waals surface area (Å²) in [5.41, 5.74) is 2.64. The van der Waals surface area contributed by atoms with Crippen LogP contribution in [0, 0.1) is 0 Å². The maximum Gasteiger partial charge on any atom is 0.337 e. The van der Waals surface area contributed by atoms with Crippen molar-refractivity contribution in [2.24, 2.45) is 0 Å². The van der Waals surface area contributed by atoms with Crippen LogP contribution in [0.15, 0.2) is 84.9 Å². The minimum atomic E-state index is -0.741. The van der Waals surface area contributed by atoms with Crippen LogP contribution >= 0.6 is 12.2 Å². The van der Waals surface area contributed by atoms with Gasteiger partial charge in [-0.2, -0.15) is 0 Å². The summed E-state index contributed by atoms with van der Waals surface area (Å²) in [4.78, 5) is 41.1. The Morgan fingerprint density at radius 2 is 1.63 bits per heavy atom. The summed E-state index contributed by atoms with van der Waals surface area (Å²) in [5, 5.41) is 3.57. The fraction of sp³-hybridized carbons (Fsp3) is 0.185. The zero-order valence-electron chi connectivity index (χ0n) is 19.2. The second-order valence-electron chi connectivity index (χ2n) is 8.05. The number of amides is 2.